The molecule has 9 heteroatoms. The Bertz CT molecular complexity index is 1040. The summed E-state index contributed by atoms with van der Waals surface area (Å²) in [6, 6.07) is 10.5. The van der Waals surface area contributed by atoms with Gasteiger partial charge in [0.25, 0.3) is 5.91 Å². The maximum absolute atomic E-state index is 13.3. The molecule has 2 N–H and O–H groups in total. The van der Waals surface area contributed by atoms with E-state index in [0.29, 0.717) is 5.56 Å². The van der Waals surface area contributed by atoms with Crippen LogP contribution in [-0.2, 0) is 12.7 Å². The third-order valence-corrected chi connectivity index (χ3v) is 3.94. The van der Waals surface area contributed by atoms with Gasteiger partial charge in [-0.15, -0.1) is 0 Å². The molecular weight excluding hydrogens is 393 g/mol. The lowest BCUT2D eigenvalue weighted by atomic mass is 10.1. The largest absolute Gasteiger partial charge is 0.416 e. The van der Waals surface area contributed by atoms with Crippen molar-refractivity contribution in [3.63, 3.8) is 0 Å². The second-order valence-electron chi connectivity index (χ2n) is 6.03. The molecule has 0 radical (unpaired) electrons. The maximum atomic E-state index is 13.3. The molecule has 0 aliphatic heterocycles. The number of carbonyl (C=O) groups excluding carboxylic acids is 1. The monoisotopic (exact) mass is 407 g/mol. The van der Waals surface area contributed by atoms with Gasteiger partial charge in [0, 0.05) is 18.4 Å². The number of hydrogen-bond acceptors (Lipinski definition) is 3. The first kappa shape index (κ1) is 20.2. The van der Waals surface area contributed by atoms with E-state index in [-0.39, 0.29) is 23.6 Å². The quantitative estimate of drug-likeness (QED) is 0.569. The van der Waals surface area contributed by atoms with Crippen molar-refractivity contribution in [3.8, 4) is 0 Å². The Kier molecular flexibility index (Phi) is 5.76. The molecule has 0 unspecified atom stereocenters. The van der Waals surface area contributed by atoms with Gasteiger partial charge in [0.05, 0.1) is 11.1 Å². The van der Waals surface area contributed by atoms with Gasteiger partial charge in [-0.25, -0.2) is 13.8 Å². The highest BCUT2D eigenvalue weighted by atomic mass is 19.4. The molecule has 150 valence electrons. The van der Waals surface area contributed by atoms with Crippen LogP contribution in [0.4, 0.5) is 33.5 Å². The van der Waals surface area contributed by atoms with Gasteiger partial charge < -0.3 is 10.6 Å². The predicted molar refractivity (Wildman–Crippen MR) is 97.3 cm³/mol. The zero-order chi connectivity index (χ0) is 21.0. The van der Waals surface area contributed by atoms with Crippen LogP contribution < -0.4 is 10.6 Å². The van der Waals surface area contributed by atoms with E-state index in [1.807, 2.05) is 0 Å². The molecule has 0 aliphatic rings. The van der Waals surface area contributed by atoms with Crippen LogP contribution in [0.1, 0.15) is 21.5 Å². The molecule has 0 fully saturated rings. The highest BCUT2D eigenvalue weighted by Gasteiger charge is 2.30. The fraction of sp³-hybridized carbons (Fsp3) is 0.100. The van der Waals surface area contributed by atoms with Crippen LogP contribution in [0, 0.1) is 11.6 Å². The normalized spacial score (nSPS) is 11.2. The first-order chi connectivity index (χ1) is 13.7. The summed E-state index contributed by atoms with van der Waals surface area (Å²) in [4.78, 5) is 16.6. The Hall–Kier alpha value is -3.49. The van der Waals surface area contributed by atoms with E-state index in [0.717, 1.165) is 24.3 Å². The summed E-state index contributed by atoms with van der Waals surface area (Å²) < 4.78 is 64.8. The zero-order valence-electron chi connectivity index (χ0n) is 14.7. The van der Waals surface area contributed by atoms with E-state index in [4.69, 9.17) is 0 Å². The average Bonchev–Trinajstić information content (AvgIpc) is 2.68. The number of anilines is 2. The number of halogens is 5. The van der Waals surface area contributed by atoms with E-state index in [1.54, 1.807) is 0 Å². The second-order valence-corrected chi connectivity index (χ2v) is 6.03. The van der Waals surface area contributed by atoms with Gasteiger partial charge in [-0.3, -0.25) is 4.79 Å². The Labute approximate surface area is 162 Å². The Morgan fingerprint density at radius 1 is 0.966 bits per heavy atom. The molecule has 0 aliphatic carbocycles. The van der Waals surface area contributed by atoms with Crippen molar-refractivity contribution in [2.45, 2.75) is 12.7 Å². The van der Waals surface area contributed by atoms with Gasteiger partial charge in [0.15, 0.2) is 11.6 Å². The smallest absolute Gasteiger partial charge is 0.365 e. The van der Waals surface area contributed by atoms with Crippen molar-refractivity contribution in [2.24, 2.45) is 0 Å². The molecule has 3 rings (SSSR count). The summed E-state index contributed by atoms with van der Waals surface area (Å²) >= 11 is 0. The number of carbonyl (C=O) groups is 1. The van der Waals surface area contributed by atoms with E-state index < -0.39 is 29.3 Å². The third kappa shape index (κ3) is 5.07. The summed E-state index contributed by atoms with van der Waals surface area (Å²) in [7, 11) is 0. The number of nitrogens with zero attached hydrogens (tertiary/aromatic N) is 1. The number of aromatic nitrogens is 1. The topological polar surface area (TPSA) is 54.0 Å². The van der Waals surface area contributed by atoms with Crippen LogP contribution in [-0.4, -0.2) is 10.9 Å². The SMILES string of the molecule is O=C(Nc1cccc(C(F)(F)F)c1)c1cccnc1NCc1ccc(F)c(F)c1. The van der Waals surface area contributed by atoms with E-state index >= 15 is 0 Å². The minimum Gasteiger partial charge on any atom is -0.365 e. The highest BCUT2D eigenvalue weighted by molar-refractivity contribution is 6.07. The van der Waals surface area contributed by atoms with Crippen molar-refractivity contribution in [1.82, 2.24) is 4.98 Å². The first-order valence-electron chi connectivity index (χ1n) is 8.35. The first-order valence-corrected chi connectivity index (χ1v) is 8.35. The molecule has 4 nitrogen and oxygen atoms in total. The van der Waals surface area contributed by atoms with Gasteiger partial charge in [-0.05, 0) is 48.0 Å². The lowest BCUT2D eigenvalue weighted by molar-refractivity contribution is -0.137. The maximum Gasteiger partial charge on any atom is 0.416 e. The van der Waals surface area contributed by atoms with Crippen LogP contribution in [0.15, 0.2) is 60.8 Å². The average molecular weight is 407 g/mol. The molecule has 3 aromatic rings. The number of hydrogen-bond donors (Lipinski definition) is 2. The minimum absolute atomic E-state index is 0.0276. The van der Waals surface area contributed by atoms with Crippen molar-refractivity contribution in [1.29, 1.82) is 0 Å². The third-order valence-electron chi connectivity index (χ3n) is 3.94. The molecule has 2 aromatic carbocycles. The van der Waals surface area contributed by atoms with Crippen LogP contribution in [0.2, 0.25) is 0 Å². The lowest BCUT2D eigenvalue weighted by Crippen LogP contribution is -2.16. The lowest BCUT2D eigenvalue weighted by Gasteiger charge is -2.13. The number of rotatable bonds is 5. The second kappa shape index (κ2) is 8.26. The van der Waals surface area contributed by atoms with E-state index in [1.165, 1.54) is 36.5 Å². The van der Waals surface area contributed by atoms with Gasteiger partial charge in [0.1, 0.15) is 5.82 Å². The summed E-state index contributed by atoms with van der Waals surface area (Å²) in [5.41, 5.74) is -0.426. The molecule has 1 amide bonds. The number of nitrogens with one attached hydrogen (secondary N) is 2. The molecule has 0 bridgehead atoms. The highest BCUT2D eigenvalue weighted by Crippen LogP contribution is 2.30. The molecule has 0 atom stereocenters. The van der Waals surface area contributed by atoms with Crippen LogP contribution in [0.5, 0.6) is 0 Å². The predicted octanol–water partition coefficient (Wildman–Crippen LogP) is 5.24. The molecule has 1 aromatic heterocycles. The summed E-state index contributed by atoms with van der Waals surface area (Å²) in [6.07, 6.45) is -3.12. The standard InChI is InChI=1S/C20H14F5N3O/c21-16-7-6-12(9-17(16)22)11-27-18-15(5-2-8-26-18)19(29)28-14-4-1-3-13(10-14)20(23,24)25/h1-10H,11H2,(H,26,27)(H,28,29). The summed E-state index contributed by atoms with van der Waals surface area (Å²) in [5.74, 6) is -2.52. The fourth-order valence-electron chi connectivity index (χ4n) is 2.54. The minimum atomic E-state index is -4.54. The number of amides is 1. The summed E-state index contributed by atoms with van der Waals surface area (Å²) in [6.45, 7) is 0.0536. The molecule has 0 spiro atoms. The molecule has 29 heavy (non-hydrogen) atoms. The van der Waals surface area contributed by atoms with Crippen LogP contribution in [0.25, 0.3) is 0 Å². The van der Waals surface area contributed by atoms with Crippen molar-refractivity contribution in [2.75, 3.05) is 10.6 Å². The van der Waals surface area contributed by atoms with Gasteiger partial charge in [-0.2, -0.15) is 13.2 Å². The summed E-state index contributed by atoms with van der Waals surface area (Å²) in [5, 5.41) is 5.23. The Balaban J connectivity index is 1.76. The number of benzene rings is 2. The molecule has 0 saturated carbocycles. The van der Waals surface area contributed by atoms with Crippen LogP contribution >= 0.6 is 0 Å². The van der Waals surface area contributed by atoms with Gasteiger partial charge in [-0.1, -0.05) is 12.1 Å². The Morgan fingerprint density at radius 2 is 1.76 bits per heavy atom. The van der Waals surface area contributed by atoms with E-state index in [2.05, 4.69) is 15.6 Å². The van der Waals surface area contributed by atoms with E-state index in [9.17, 15) is 26.7 Å². The number of alkyl halides is 3. The molecule has 1 heterocycles. The molecule has 0 saturated heterocycles. The fourth-order valence-corrected chi connectivity index (χ4v) is 2.54. The zero-order valence-corrected chi connectivity index (χ0v) is 14.7. The Morgan fingerprint density at radius 3 is 2.48 bits per heavy atom. The molecular formula is C20H14F5N3O. The van der Waals surface area contributed by atoms with Gasteiger partial charge >= 0.3 is 6.18 Å². The van der Waals surface area contributed by atoms with Crippen molar-refractivity contribution >= 4 is 17.4 Å². The number of pyridine rings is 1. The van der Waals surface area contributed by atoms with Crippen molar-refractivity contribution < 1.29 is 26.7 Å². The van der Waals surface area contributed by atoms with Crippen molar-refractivity contribution in [3.05, 3.63) is 89.1 Å². The van der Waals surface area contributed by atoms with Crippen LogP contribution in [0.3, 0.4) is 0 Å². The van der Waals surface area contributed by atoms with Gasteiger partial charge in [0.2, 0.25) is 0 Å².